The fourth-order valence-corrected chi connectivity index (χ4v) is 5.18. The van der Waals surface area contributed by atoms with E-state index >= 15 is 0 Å². The average molecular weight is 753 g/mol. The minimum absolute atomic E-state index is 0. The van der Waals surface area contributed by atoms with Gasteiger partial charge in [0, 0.05) is 5.92 Å². The standard InChI is InChI=1S/C19H26O4.C13H18O3.C8H12O4.CH4.Na.H/c1-5-14-19(17(20)22-3,18(21)23-4)16(6-2)13-12-15-10-8-7-9-11-15;1-15-13(14)16-11-7-3-6-10-12-8-4-2-5-9-12;1-4-5-6(7(9)11-2)8(10)12-3;;;/h5-6,10,12-13,16H,1-2,7-9,11,14H2,3-4H3;3,6-8,10H,2,4-5,9,11H2,1H3;4,6H,1,5H2,2-3H3;1H4;;/q;;;;+1;-1/b13-12+;7-3+,10-6+;;;;. The van der Waals surface area contributed by atoms with Gasteiger partial charge in [0.15, 0.2) is 11.3 Å². The van der Waals surface area contributed by atoms with E-state index in [9.17, 15) is 24.0 Å². The summed E-state index contributed by atoms with van der Waals surface area (Å²) in [5, 5.41) is 0. The maximum absolute atomic E-state index is 12.4. The molecule has 0 aromatic rings. The number of rotatable bonds is 16. The molecular weight excluding hydrogens is 691 g/mol. The molecule has 11 nitrogen and oxygen atoms in total. The SMILES string of the molecule is C.C=CCC(C(=O)OC)(C(=O)OC)C(C=C)/C=C/C1=CCCCC1.C=CCC(C(=O)OC)C(=O)OC.COC(=O)OC/C=C/C=C/C1=CCCCC1.[H-].[Na+]. The molecule has 0 N–H and O–H groups in total. The smallest absolute Gasteiger partial charge is 1.00 e. The minimum Gasteiger partial charge on any atom is -1.00 e. The fraction of sp³-hybridized carbons (Fsp3) is 0.488. The second-order valence-electron chi connectivity index (χ2n) is 11.3. The van der Waals surface area contributed by atoms with Crippen LogP contribution in [0.1, 0.15) is 73.1 Å². The molecule has 0 radical (unpaired) electrons. The number of hydrogen-bond donors (Lipinski definition) is 0. The van der Waals surface area contributed by atoms with Crippen LogP contribution in [0.5, 0.6) is 0 Å². The Bertz CT molecular complexity index is 1280. The summed E-state index contributed by atoms with van der Waals surface area (Å²) in [5.74, 6) is -3.89. The molecule has 2 rings (SSSR count). The van der Waals surface area contributed by atoms with E-state index in [0.29, 0.717) is 0 Å². The number of methoxy groups -OCH3 is 5. The van der Waals surface area contributed by atoms with Gasteiger partial charge in [-0.2, -0.15) is 0 Å². The predicted octanol–water partition coefficient (Wildman–Crippen LogP) is 5.41. The Morgan fingerprint density at radius 3 is 1.68 bits per heavy atom. The van der Waals surface area contributed by atoms with Crippen LogP contribution in [0, 0.1) is 17.3 Å². The molecule has 1 unspecified atom stereocenters. The predicted molar refractivity (Wildman–Crippen MR) is 204 cm³/mol. The molecule has 0 aromatic carbocycles. The van der Waals surface area contributed by atoms with Gasteiger partial charge >= 0.3 is 59.6 Å². The van der Waals surface area contributed by atoms with E-state index < -0.39 is 47.3 Å². The molecular formula is C41H61NaO11. The van der Waals surface area contributed by atoms with Crippen LogP contribution in [0.3, 0.4) is 0 Å². The maximum Gasteiger partial charge on any atom is 1.00 e. The molecule has 1 atom stereocenters. The van der Waals surface area contributed by atoms with E-state index in [1.54, 1.807) is 12.2 Å². The van der Waals surface area contributed by atoms with Crippen LogP contribution in [-0.2, 0) is 47.6 Å². The van der Waals surface area contributed by atoms with Gasteiger partial charge in [-0.1, -0.05) is 79.3 Å². The van der Waals surface area contributed by atoms with Crippen molar-refractivity contribution in [2.75, 3.05) is 42.2 Å². The van der Waals surface area contributed by atoms with E-state index in [0.717, 1.165) is 19.3 Å². The number of allylic oxidation sites excluding steroid dienone is 12. The van der Waals surface area contributed by atoms with Crippen molar-refractivity contribution in [3.63, 3.8) is 0 Å². The van der Waals surface area contributed by atoms with Crippen molar-refractivity contribution in [1.29, 1.82) is 0 Å². The van der Waals surface area contributed by atoms with Crippen molar-refractivity contribution >= 4 is 30.0 Å². The summed E-state index contributed by atoms with van der Waals surface area (Å²) in [4.78, 5) is 57.3. The molecule has 2 aliphatic carbocycles. The van der Waals surface area contributed by atoms with Crippen molar-refractivity contribution in [3.8, 4) is 0 Å². The normalized spacial score (nSPS) is 14.2. The summed E-state index contributed by atoms with van der Waals surface area (Å²) in [7, 11) is 6.26. The third kappa shape index (κ3) is 20.2. The maximum atomic E-state index is 12.4. The van der Waals surface area contributed by atoms with Gasteiger partial charge in [-0.15, -0.1) is 19.7 Å². The molecule has 0 aromatic heterocycles. The molecule has 0 heterocycles. The molecule has 0 amide bonds. The molecule has 0 saturated heterocycles. The van der Waals surface area contributed by atoms with E-state index in [-0.39, 0.29) is 57.9 Å². The third-order valence-electron chi connectivity index (χ3n) is 7.95. The number of carbonyl (C=O) groups is 5. The van der Waals surface area contributed by atoms with Gasteiger partial charge < -0.3 is 29.8 Å². The van der Waals surface area contributed by atoms with Crippen molar-refractivity contribution < 1.29 is 83.4 Å². The molecule has 0 fully saturated rings. The molecule has 0 aliphatic heterocycles. The van der Waals surface area contributed by atoms with Crippen LogP contribution >= 0.6 is 0 Å². The van der Waals surface area contributed by atoms with Gasteiger partial charge in [-0.25, -0.2) is 4.79 Å². The zero-order valence-electron chi connectivity index (χ0n) is 32.9. The molecule has 2 aliphatic rings. The third-order valence-corrected chi connectivity index (χ3v) is 7.95. The summed E-state index contributed by atoms with van der Waals surface area (Å²) >= 11 is 0. The summed E-state index contributed by atoms with van der Waals surface area (Å²) in [5.41, 5.74) is 1.12. The van der Waals surface area contributed by atoms with Gasteiger partial charge in [0.25, 0.3) is 0 Å². The van der Waals surface area contributed by atoms with Gasteiger partial charge in [0.2, 0.25) is 0 Å². The van der Waals surface area contributed by atoms with Crippen LogP contribution in [0.25, 0.3) is 0 Å². The molecule has 292 valence electrons. The van der Waals surface area contributed by atoms with Crippen molar-refractivity contribution in [2.24, 2.45) is 17.3 Å². The van der Waals surface area contributed by atoms with Crippen LogP contribution in [0.4, 0.5) is 4.79 Å². The van der Waals surface area contributed by atoms with Gasteiger partial charge in [-0.3, -0.25) is 19.2 Å². The molecule has 0 spiro atoms. The number of hydrogen-bond acceptors (Lipinski definition) is 11. The second-order valence-corrected chi connectivity index (χ2v) is 11.3. The summed E-state index contributed by atoms with van der Waals surface area (Å²) in [6.07, 6.45) is 29.6. The Morgan fingerprint density at radius 1 is 0.755 bits per heavy atom. The van der Waals surface area contributed by atoms with E-state index in [4.69, 9.17) is 9.47 Å². The first-order chi connectivity index (χ1) is 24.6. The summed E-state index contributed by atoms with van der Waals surface area (Å²) in [6.45, 7) is 11.1. The molecule has 0 saturated carbocycles. The Morgan fingerprint density at radius 2 is 1.28 bits per heavy atom. The van der Waals surface area contributed by atoms with Gasteiger partial charge in [0.05, 0.1) is 35.5 Å². The van der Waals surface area contributed by atoms with E-state index in [1.807, 2.05) is 24.3 Å². The van der Waals surface area contributed by atoms with Gasteiger partial charge in [-0.05, 0) is 70.3 Å². The Labute approximate surface area is 340 Å². The first-order valence-electron chi connectivity index (χ1n) is 16.8. The topological polar surface area (TPSA) is 141 Å². The average Bonchev–Trinajstić information content (AvgIpc) is 3.17. The van der Waals surface area contributed by atoms with Crippen molar-refractivity contribution in [3.05, 3.63) is 97.7 Å². The van der Waals surface area contributed by atoms with Crippen LogP contribution in [-0.4, -0.2) is 72.2 Å². The van der Waals surface area contributed by atoms with E-state index in [2.05, 4.69) is 56.9 Å². The summed E-state index contributed by atoms with van der Waals surface area (Å²) in [6, 6.07) is 0. The second kappa shape index (κ2) is 32.7. The Hall–Kier alpha value is -3.93. The first kappa shape index (κ1) is 53.4. The Balaban J connectivity index is -0.000000356. The Kier molecular flexibility index (Phi) is 33.0. The number of carbonyl (C=O) groups excluding carboxylic acids is 5. The van der Waals surface area contributed by atoms with Crippen molar-refractivity contribution in [2.45, 2.75) is 71.6 Å². The van der Waals surface area contributed by atoms with Crippen LogP contribution < -0.4 is 29.6 Å². The van der Waals surface area contributed by atoms with Crippen LogP contribution in [0.2, 0.25) is 0 Å². The zero-order chi connectivity index (χ0) is 38.5. The number of esters is 4. The largest absolute Gasteiger partial charge is 1.00 e. The fourth-order valence-electron chi connectivity index (χ4n) is 5.18. The summed E-state index contributed by atoms with van der Waals surface area (Å²) < 4.78 is 27.6. The van der Waals surface area contributed by atoms with Crippen molar-refractivity contribution in [1.82, 2.24) is 0 Å². The number of ether oxygens (including phenoxy) is 6. The zero-order valence-corrected chi connectivity index (χ0v) is 33.9. The minimum atomic E-state index is -1.49. The molecule has 0 bridgehead atoms. The van der Waals surface area contributed by atoms with Gasteiger partial charge in [0.1, 0.15) is 6.61 Å². The van der Waals surface area contributed by atoms with Crippen LogP contribution in [0.15, 0.2) is 97.7 Å². The first-order valence-corrected chi connectivity index (χ1v) is 16.8. The monoisotopic (exact) mass is 752 g/mol. The molecule has 53 heavy (non-hydrogen) atoms. The van der Waals surface area contributed by atoms with E-state index in [1.165, 1.54) is 91.0 Å². The molecule has 12 heteroatoms. The quantitative estimate of drug-likeness (QED) is 0.0499.